The van der Waals surface area contributed by atoms with Gasteiger partial charge in [-0.25, -0.2) is 0 Å². The lowest BCUT2D eigenvalue weighted by Crippen LogP contribution is -2.19. The Labute approximate surface area is 91.3 Å². The Kier molecular flexibility index (Phi) is 2.76. The van der Waals surface area contributed by atoms with Gasteiger partial charge in [0, 0.05) is 5.56 Å². The minimum absolute atomic E-state index is 0.0621. The van der Waals surface area contributed by atoms with Gasteiger partial charge in [-0.05, 0) is 6.07 Å². The molecule has 72 valence electrons. The van der Waals surface area contributed by atoms with Crippen LogP contribution in [0.1, 0.15) is 10.4 Å². The molecule has 1 aliphatic rings. The third kappa shape index (κ3) is 1.63. The van der Waals surface area contributed by atoms with Crippen molar-refractivity contribution in [1.82, 2.24) is 0 Å². The lowest BCUT2D eigenvalue weighted by atomic mass is 10.2. The van der Waals surface area contributed by atoms with Crippen LogP contribution in [0.15, 0.2) is 24.3 Å². The molecule has 2 nitrogen and oxygen atoms in total. The summed E-state index contributed by atoms with van der Waals surface area (Å²) in [6.45, 7) is 0.265. The molecule has 1 aromatic carbocycles. The molecule has 0 spiro atoms. The predicted octanol–water partition coefficient (Wildman–Crippen LogP) is 2.49. The fourth-order valence-electron chi connectivity index (χ4n) is 1.40. The zero-order valence-electron chi connectivity index (χ0n) is 7.44. The number of hydrogen-bond donors (Lipinski definition) is 0. The van der Waals surface area contributed by atoms with Crippen LogP contribution in [-0.4, -0.2) is 12.9 Å². The maximum Gasteiger partial charge on any atom is 0.217 e. The van der Waals surface area contributed by atoms with Gasteiger partial charge >= 0.3 is 0 Å². The molecule has 14 heavy (non-hydrogen) atoms. The van der Waals surface area contributed by atoms with E-state index in [0.717, 1.165) is 11.3 Å². The molecule has 0 aromatic heterocycles. The van der Waals surface area contributed by atoms with Gasteiger partial charge in [0.2, 0.25) is 6.29 Å². The summed E-state index contributed by atoms with van der Waals surface area (Å²) in [5, 5.41) is 0. The second-order valence-corrected chi connectivity index (χ2v) is 3.93. The lowest BCUT2D eigenvalue weighted by Gasteiger charge is -2.12. The third-order valence-corrected chi connectivity index (χ3v) is 2.95. The predicted molar refractivity (Wildman–Crippen MR) is 57.3 cm³/mol. The fraction of sp³-hybridized carbons (Fsp3) is 0.273. The number of hydrogen-bond acceptors (Lipinski definition) is 2. The van der Waals surface area contributed by atoms with Crippen LogP contribution >= 0.6 is 15.9 Å². The van der Waals surface area contributed by atoms with Gasteiger partial charge in [0.1, 0.15) is 17.2 Å². The summed E-state index contributed by atoms with van der Waals surface area (Å²) >= 11 is 3.52. The van der Waals surface area contributed by atoms with Crippen LogP contribution in [0.3, 0.4) is 0 Å². The summed E-state index contributed by atoms with van der Waals surface area (Å²) in [5.74, 6) is 3.28. The Morgan fingerprint density at radius 3 is 3.00 bits per heavy atom. The standard InChI is InChI=1S/C11H9BrO2/c1-2-7-13-11-10(12)8-5-3-4-6-9(8)14-11/h1,3-6,10-11H,7H2. The summed E-state index contributed by atoms with van der Waals surface area (Å²) in [6, 6.07) is 7.83. The normalized spacial score (nSPS) is 23.7. The van der Waals surface area contributed by atoms with Gasteiger partial charge < -0.3 is 9.47 Å². The maximum atomic E-state index is 5.56. The van der Waals surface area contributed by atoms with Crippen LogP contribution in [0, 0.1) is 12.3 Å². The van der Waals surface area contributed by atoms with Gasteiger partial charge in [0.05, 0.1) is 0 Å². The number of ether oxygens (including phenoxy) is 2. The highest BCUT2D eigenvalue weighted by atomic mass is 79.9. The maximum absolute atomic E-state index is 5.56. The molecule has 0 saturated heterocycles. The van der Waals surface area contributed by atoms with Crippen molar-refractivity contribution in [3.63, 3.8) is 0 Å². The van der Waals surface area contributed by atoms with Crippen LogP contribution in [0.5, 0.6) is 5.75 Å². The quantitative estimate of drug-likeness (QED) is 0.595. The van der Waals surface area contributed by atoms with Crippen molar-refractivity contribution in [1.29, 1.82) is 0 Å². The summed E-state index contributed by atoms with van der Waals surface area (Å²) in [6.07, 6.45) is 4.80. The molecular weight excluding hydrogens is 244 g/mol. The molecule has 0 fully saturated rings. The highest BCUT2D eigenvalue weighted by Crippen LogP contribution is 2.41. The van der Waals surface area contributed by atoms with E-state index in [0.29, 0.717) is 0 Å². The number of alkyl halides is 1. The molecule has 2 rings (SSSR count). The molecule has 0 N–H and O–H groups in total. The summed E-state index contributed by atoms with van der Waals surface area (Å²) in [7, 11) is 0. The lowest BCUT2D eigenvalue weighted by molar-refractivity contribution is -0.0522. The highest BCUT2D eigenvalue weighted by molar-refractivity contribution is 9.09. The topological polar surface area (TPSA) is 18.5 Å². The van der Waals surface area contributed by atoms with Crippen molar-refractivity contribution in [2.75, 3.05) is 6.61 Å². The second kappa shape index (κ2) is 4.04. The first-order chi connectivity index (χ1) is 6.83. The molecule has 2 atom stereocenters. The summed E-state index contributed by atoms with van der Waals surface area (Å²) < 4.78 is 10.9. The van der Waals surface area contributed by atoms with E-state index < -0.39 is 0 Å². The largest absolute Gasteiger partial charge is 0.463 e. The fourth-order valence-corrected chi connectivity index (χ4v) is 2.03. The molecule has 0 aliphatic carbocycles. The molecule has 0 bridgehead atoms. The number of benzene rings is 1. The van der Waals surface area contributed by atoms with Crippen LogP contribution in [0.2, 0.25) is 0 Å². The first kappa shape index (κ1) is 9.57. The van der Waals surface area contributed by atoms with Gasteiger partial charge in [-0.1, -0.05) is 40.0 Å². The number of terminal acetylenes is 1. The minimum atomic E-state index is -0.316. The monoisotopic (exact) mass is 252 g/mol. The Morgan fingerprint density at radius 2 is 2.29 bits per heavy atom. The van der Waals surface area contributed by atoms with E-state index in [1.807, 2.05) is 24.3 Å². The van der Waals surface area contributed by atoms with Gasteiger partial charge in [0.25, 0.3) is 0 Å². The van der Waals surface area contributed by atoms with E-state index in [1.165, 1.54) is 0 Å². The number of halogens is 1. The van der Waals surface area contributed by atoms with Crippen LogP contribution < -0.4 is 4.74 Å². The molecule has 3 heteroatoms. The van der Waals surface area contributed by atoms with Crippen LogP contribution in [0.4, 0.5) is 0 Å². The molecule has 0 amide bonds. The average Bonchev–Trinajstić information content (AvgIpc) is 2.54. The van der Waals surface area contributed by atoms with Crippen molar-refractivity contribution in [3.05, 3.63) is 29.8 Å². The van der Waals surface area contributed by atoms with E-state index in [9.17, 15) is 0 Å². The smallest absolute Gasteiger partial charge is 0.217 e. The van der Waals surface area contributed by atoms with Crippen molar-refractivity contribution in [3.8, 4) is 18.1 Å². The first-order valence-corrected chi connectivity index (χ1v) is 5.19. The van der Waals surface area contributed by atoms with Crippen LogP contribution in [0.25, 0.3) is 0 Å². The Bertz CT molecular complexity index is 370. The SMILES string of the molecule is C#CCOC1Oc2ccccc2C1Br. The summed E-state index contributed by atoms with van der Waals surface area (Å²) in [5.41, 5.74) is 1.11. The zero-order chi connectivity index (χ0) is 9.97. The van der Waals surface area contributed by atoms with Gasteiger partial charge in [-0.2, -0.15) is 0 Å². The number of rotatable bonds is 2. The van der Waals surface area contributed by atoms with Gasteiger partial charge in [-0.15, -0.1) is 6.42 Å². The van der Waals surface area contributed by atoms with Gasteiger partial charge in [0.15, 0.2) is 0 Å². The van der Waals surface area contributed by atoms with Crippen LogP contribution in [-0.2, 0) is 4.74 Å². The molecule has 1 aromatic rings. The van der Waals surface area contributed by atoms with E-state index >= 15 is 0 Å². The van der Waals surface area contributed by atoms with E-state index in [2.05, 4.69) is 21.9 Å². The molecule has 1 aliphatic heterocycles. The number of fused-ring (bicyclic) bond motifs is 1. The Morgan fingerprint density at radius 1 is 1.50 bits per heavy atom. The summed E-state index contributed by atoms with van der Waals surface area (Å²) in [4.78, 5) is 0.0621. The molecule has 2 unspecified atom stereocenters. The molecular formula is C11H9BrO2. The molecule has 0 radical (unpaired) electrons. The Hall–Kier alpha value is -0.980. The molecule has 0 saturated carbocycles. The highest BCUT2D eigenvalue weighted by Gasteiger charge is 2.32. The van der Waals surface area contributed by atoms with Crippen molar-refractivity contribution in [2.24, 2.45) is 0 Å². The zero-order valence-corrected chi connectivity index (χ0v) is 9.03. The van der Waals surface area contributed by atoms with E-state index in [-0.39, 0.29) is 17.7 Å². The second-order valence-electron chi connectivity index (χ2n) is 2.94. The average molecular weight is 253 g/mol. The van der Waals surface area contributed by atoms with Crippen molar-refractivity contribution < 1.29 is 9.47 Å². The number of para-hydroxylation sites is 1. The molecule has 1 heterocycles. The van der Waals surface area contributed by atoms with E-state index in [4.69, 9.17) is 15.9 Å². The van der Waals surface area contributed by atoms with Crippen molar-refractivity contribution in [2.45, 2.75) is 11.1 Å². The van der Waals surface area contributed by atoms with Crippen molar-refractivity contribution >= 4 is 15.9 Å². The van der Waals surface area contributed by atoms with Gasteiger partial charge in [-0.3, -0.25) is 0 Å². The third-order valence-electron chi connectivity index (χ3n) is 2.03. The minimum Gasteiger partial charge on any atom is -0.463 e. The Balaban J connectivity index is 2.14. The van der Waals surface area contributed by atoms with E-state index in [1.54, 1.807) is 0 Å². The first-order valence-electron chi connectivity index (χ1n) is 4.27.